The molecular weight excluding hydrogens is 1010 g/mol. The van der Waals surface area contributed by atoms with Gasteiger partial charge in [0, 0.05) is 19.3 Å². The van der Waals surface area contributed by atoms with Gasteiger partial charge in [-0.25, -0.2) is 0 Å². The fourth-order valence-corrected chi connectivity index (χ4v) is 10.8. The van der Waals surface area contributed by atoms with Crippen LogP contribution in [0, 0.1) is 0 Å². The number of allylic oxidation sites excluding steroid dienone is 10. The van der Waals surface area contributed by atoms with E-state index in [2.05, 4.69) is 81.5 Å². The molecule has 0 spiro atoms. The smallest absolute Gasteiger partial charge is 0.306 e. The number of hydrogen-bond acceptors (Lipinski definition) is 6. The first-order valence-electron chi connectivity index (χ1n) is 36.3. The van der Waals surface area contributed by atoms with Crippen molar-refractivity contribution in [1.29, 1.82) is 0 Å². The molecule has 0 aromatic heterocycles. The van der Waals surface area contributed by atoms with E-state index in [9.17, 15) is 14.4 Å². The fourth-order valence-electron chi connectivity index (χ4n) is 10.8. The van der Waals surface area contributed by atoms with Crippen LogP contribution < -0.4 is 0 Å². The number of carbonyl (C=O) groups is 3. The van der Waals surface area contributed by atoms with Gasteiger partial charge in [0.25, 0.3) is 0 Å². The summed E-state index contributed by atoms with van der Waals surface area (Å²) >= 11 is 0. The van der Waals surface area contributed by atoms with Crippen molar-refractivity contribution < 1.29 is 28.6 Å². The molecule has 0 saturated heterocycles. The molecule has 0 rings (SSSR count). The van der Waals surface area contributed by atoms with Crippen LogP contribution in [-0.4, -0.2) is 37.2 Å². The second-order valence-corrected chi connectivity index (χ2v) is 24.5. The number of hydrogen-bond donors (Lipinski definition) is 0. The van der Waals surface area contributed by atoms with Crippen molar-refractivity contribution >= 4 is 17.9 Å². The molecule has 0 aromatic rings. The zero-order valence-corrected chi connectivity index (χ0v) is 55.0. The number of ether oxygens (including phenoxy) is 3. The van der Waals surface area contributed by atoms with Crippen molar-refractivity contribution in [1.82, 2.24) is 0 Å². The lowest BCUT2D eigenvalue weighted by Gasteiger charge is -2.18. The van der Waals surface area contributed by atoms with Crippen LogP contribution in [0.2, 0.25) is 0 Å². The molecule has 0 aliphatic rings. The Balaban J connectivity index is 4.30. The Morgan fingerprint density at radius 1 is 0.256 bits per heavy atom. The average Bonchev–Trinajstić information content (AvgIpc) is 3.47. The van der Waals surface area contributed by atoms with E-state index in [0.29, 0.717) is 19.3 Å². The minimum absolute atomic E-state index is 0.0696. The van der Waals surface area contributed by atoms with Gasteiger partial charge in [-0.1, -0.05) is 345 Å². The van der Waals surface area contributed by atoms with Crippen molar-refractivity contribution in [3.8, 4) is 0 Å². The summed E-state index contributed by atoms with van der Waals surface area (Å²) in [7, 11) is 0. The Morgan fingerprint density at radius 3 is 0.756 bits per heavy atom. The first-order chi connectivity index (χ1) is 40.5. The molecule has 1 atom stereocenters. The highest BCUT2D eigenvalue weighted by Gasteiger charge is 2.19. The lowest BCUT2D eigenvalue weighted by Crippen LogP contribution is -2.30. The lowest BCUT2D eigenvalue weighted by atomic mass is 10.0. The van der Waals surface area contributed by atoms with Gasteiger partial charge >= 0.3 is 17.9 Å². The van der Waals surface area contributed by atoms with Crippen LogP contribution in [0.5, 0.6) is 0 Å². The van der Waals surface area contributed by atoms with Crippen molar-refractivity contribution in [3.63, 3.8) is 0 Å². The summed E-state index contributed by atoms with van der Waals surface area (Å²) in [5.74, 6) is -0.845. The van der Waals surface area contributed by atoms with Gasteiger partial charge in [-0.15, -0.1) is 0 Å². The monoisotopic (exact) mass is 1150 g/mol. The molecule has 0 heterocycles. The summed E-state index contributed by atoms with van der Waals surface area (Å²) in [5.41, 5.74) is 0. The number of unbranched alkanes of at least 4 members (excludes halogenated alkanes) is 46. The molecule has 6 nitrogen and oxygen atoms in total. The minimum atomic E-state index is -0.775. The maximum absolute atomic E-state index is 13.0. The van der Waals surface area contributed by atoms with Crippen LogP contribution in [0.4, 0.5) is 0 Å². The van der Waals surface area contributed by atoms with E-state index in [1.807, 2.05) is 0 Å². The summed E-state index contributed by atoms with van der Waals surface area (Å²) in [6.45, 7) is 6.60. The largest absolute Gasteiger partial charge is 0.462 e. The topological polar surface area (TPSA) is 78.9 Å². The molecular formula is C76H138O6. The molecule has 82 heavy (non-hydrogen) atoms. The first-order valence-corrected chi connectivity index (χ1v) is 36.3. The average molecular weight is 1150 g/mol. The van der Waals surface area contributed by atoms with Crippen LogP contribution >= 0.6 is 0 Å². The second kappa shape index (κ2) is 70.6. The van der Waals surface area contributed by atoms with E-state index >= 15 is 0 Å². The molecule has 0 aliphatic carbocycles. The second-order valence-electron chi connectivity index (χ2n) is 24.5. The van der Waals surface area contributed by atoms with Gasteiger partial charge in [0.05, 0.1) is 0 Å². The van der Waals surface area contributed by atoms with E-state index in [1.54, 1.807) is 0 Å². The zero-order valence-electron chi connectivity index (χ0n) is 55.0. The van der Waals surface area contributed by atoms with Crippen molar-refractivity contribution in [2.24, 2.45) is 0 Å². The lowest BCUT2D eigenvalue weighted by molar-refractivity contribution is -0.167. The van der Waals surface area contributed by atoms with Gasteiger partial charge in [-0.05, 0) is 83.5 Å². The summed E-state index contributed by atoms with van der Waals surface area (Å²) in [4.78, 5) is 38.5. The SMILES string of the molecule is CC/C=C\C/C=C\C/C=C\C/C=C\CCCCCCCCCCCCCCC(=O)OCC(COC(=O)CCCCCCCCCCCCCCCCCC)OC(=O)CCCCCCCCCCCCC/C=C\CCCCCCCCCC. The molecule has 0 N–H and O–H groups in total. The van der Waals surface area contributed by atoms with E-state index < -0.39 is 6.10 Å². The molecule has 0 radical (unpaired) electrons. The normalized spacial score (nSPS) is 12.4. The third kappa shape index (κ3) is 67.9. The Morgan fingerprint density at radius 2 is 0.476 bits per heavy atom. The van der Waals surface area contributed by atoms with Crippen molar-refractivity contribution in [2.75, 3.05) is 13.2 Å². The maximum Gasteiger partial charge on any atom is 0.306 e. The Hall–Kier alpha value is -2.89. The van der Waals surface area contributed by atoms with Crippen LogP contribution in [0.1, 0.15) is 387 Å². The third-order valence-electron chi connectivity index (χ3n) is 16.3. The van der Waals surface area contributed by atoms with Crippen LogP contribution in [0.15, 0.2) is 60.8 Å². The van der Waals surface area contributed by atoms with Gasteiger partial charge in [0.1, 0.15) is 13.2 Å². The number of carbonyl (C=O) groups excluding carboxylic acids is 3. The standard InChI is InChI=1S/C76H138O6/c1-4-7-10-13-16-19-22-25-28-31-33-35-37-38-40-41-43-45-48-51-54-57-60-63-66-69-75(78)81-72-73(71-80-74(77)68-65-62-59-56-53-50-47-30-27-24-21-18-15-12-9-6-3)82-76(79)70-67-64-61-58-55-52-49-46-44-42-39-36-34-32-29-26-23-20-17-14-11-8-5-2/h7,10,16,19,25,28,32-35,73H,4-6,8-9,11-15,17-18,20-24,26-27,29-31,36-72H2,1-3H3/b10-7-,19-16-,28-25-,34-32-,35-33-. The van der Waals surface area contributed by atoms with Crippen LogP contribution in [0.3, 0.4) is 0 Å². The highest BCUT2D eigenvalue weighted by molar-refractivity contribution is 5.71. The van der Waals surface area contributed by atoms with E-state index in [4.69, 9.17) is 14.2 Å². The molecule has 0 fully saturated rings. The van der Waals surface area contributed by atoms with Gasteiger partial charge in [-0.3, -0.25) is 14.4 Å². The first kappa shape index (κ1) is 79.1. The summed E-state index contributed by atoms with van der Waals surface area (Å²) in [6.07, 6.45) is 91.0. The van der Waals surface area contributed by atoms with E-state index in [0.717, 1.165) is 83.5 Å². The Kier molecular flexibility index (Phi) is 68.1. The van der Waals surface area contributed by atoms with Gasteiger partial charge in [0.2, 0.25) is 0 Å². The molecule has 0 saturated carbocycles. The van der Waals surface area contributed by atoms with Gasteiger partial charge in [0.15, 0.2) is 6.10 Å². The minimum Gasteiger partial charge on any atom is -0.462 e. The van der Waals surface area contributed by atoms with E-state index in [-0.39, 0.29) is 31.1 Å². The zero-order chi connectivity index (χ0) is 59.2. The number of esters is 3. The summed E-state index contributed by atoms with van der Waals surface area (Å²) < 4.78 is 17.0. The Bertz CT molecular complexity index is 1460. The summed E-state index contributed by atoms with van der Waals surface area (Å²) in [6, 6.07) is 0. The highest BCUT2D eigenvalue weighted by Crippen LogP contribution is 2.18. The van der Waals surface area contributed by atoms with Crippen LogP contribution in [-0.2, 0) is 28.6 Å². The van der Waals surface area contributed by atoms with Gasteiger partial charge < -0.3 is 14.2 Å². The predicted octanol–water partition coefficient (Wildman–Crippen LogP) is 25.1. The fraction of sp³-hybridized carbons (Fsp3) is 0.829. The summed E-state index contributed by atoms with van der Waals surface area (Å²) in [5, 5.41) is 0. The molecule has 478 valence electrons. The van der Waals surface area contributed by atoms with Crippen LogP contribution in [0.25, 0.3) is 0 Å². The Labute approximate surface area is 510 Å². The predicted molar refractivity (Wildman–Crippen MR) is 358 cm³/mol. The van der Waals surface area contributed by atoms with E-state index in [1.165, 1.54) is 263 Å². The van der Waals surface area contributed by atoms with Gasteiger partial charge in [-0.2, -0.15) is 0 Å². The molecule has 1 unspecified atom stereocenters. The molecule has 0 amide bonds. The molecule has 0 aliphatic heterocycles. The maximum atomic E-state index is 13.0. The molecule has 0 aromatic carbocycles. The third-order valence-corrected chi connectivity index (χ3v) is 16.3. The van der Waals surface area contributed by atoms with Crippen molar-refractivity contribution in [3.05, 3.63) is 60.8 Å². The number of rotatable bonds is 67. The molecule has 6 heteroatoms. The quantitative estimate of drug-likeness (QED) is 0.0261. The molecule has 0 bridgehead atoms. The van der Waals surface area contributed by atoms with Crippen molar-refractivity contribution in [2.45, 2.75) is 393 Å². The highest BCUT2D eigenvalue weighted by atomic mass is 16.6.